The molecule has 6 nitrogen and oxygen atoms in total. The highest BCUT2D eigenvalue weighted by Gasteiger charge is 2.80. The van der Waals surface area contributed by atoms with Crippen LogP contribution in [0.3, 0.4) is 0 Å². The van der Waals surface area contributed by atoms with E-state index in [4.69, 9.17) is 14.9 Å². The molecule has 4 rings (SSSR count). The van der Waals surface area contributed by atoms with Crippen LogP contribution in [0.25, 0.3) is 0 Å². The molecule has 2 heterocycles. The Morgan fingerprint density at radius 2 is 1.83 bits per heavy atom. The number of nitrogens with zero attached hydrogens (tertiary/aromatic N) is 3. The van der Waals surface area contributed by atoms with Gasteiger partial charge < -0.3 is 9.47 Å². The third-order valence-corrected chi connectivity index (χ3v) is 7.10. The molecule has 3 fully saturated rings. The van der Waals surface area contributed by atoms with Crippen LogP contribution < -0.4 is 0 Å². The van der Waals surface area contributed by atoms with Gasteiger partial charge in [-0.15, -0.1) is 0 Å². The Hall–Kier alpha value is -2.88. The van der Waals surface area contributed by atoms with Crippen LogP contribution >= 0.6 is 0 Å². The summed E-state index contributed by atoms with van der Waals surface area (Å²) < 4.78 is 12.4. The zero-order valence-electron chi connectivity index (χ0n) is 16.7. The standard InChI is InChI=1S/C23H24N4O2/c1-3-4-16-9-10-23-18(11-16)22(14-26,20(27)29-23)21(12-24,13-25)19(28-23)17-7-5-15(2)6-8-17/h5-8,16,18-19,27H,3-4,9-11H2,1-2H3. The van der Waals surface area contributed by atoms with Crippen LogP contribution in [0.5, 0.6) is 0 Å². The minimum absolute atomic E-state index is 0.292. The van der Waals surface area contributed by atoms with E-state index >= 15 is 0 Å². The van der Waals surface area contributed by atoms with E-state index in [0.29, 0.717) is 24.3 Å². The van der Waals surface area contributed by atoms with Gasteiger partial charge in [-0.25, -0.2) is 0 Å². The Bertz CT molecular complexity index is 953. The molecule has 1 N–H and O–H groups in total. The molecule has 1 aromatic rings. The molecule has 1 aliphatic carbocycles. The molecule has 6 heteroatoms. The van der Waals surface area contributed by atoms with Gasteiger partial charge in [0.25, 0.3) is 0 Å². The largest absolute Gasteiger partial charge is 0.447 e. The van der Waals surface area contributed by atoms with E-state index < -0.39 is 28.6 Å². The number of rotatable bonds is 3. The van der Waals surface area contributed by atoms with E-state index in [9.17, 15) is 15.8 Å². The van der Waals surface area contributed by atoms with Gasteiger partial charge in [0.15, 0.2) is 5.41 Å². The van der Waals surface area contributed by atoms with E-state index in [2.05, 4.69) is 25.1 Å². The summed E-state index contributed by atoms with van der Waals surface area (Å²) in [6.07, 6.45) is 3.13. The van der Waals surface area contributed by atoms with Crippen LogP contribution in [-0.4, -0.2) is 11.7 Å². The quantitative estimate of drug-likeness (QED) is 0.817. The normalized spacial score (nSPS) is 36.8. The monoisotopic (exact) mass is 388 g/mol. The Kier molecular flexibility index (Phi) is 4.41. The lowest BCUT2D eigenvalue weighted by Crippen LogP contribution is -2.61. The van der Waals surface area contributed by atoms with Gasteiger partial charge in [0.05, 0.1) is 24.1 Å². The van der Waals surface area contributed by atoms with Crippen molar-refractivity contribution in [3.63, 3.8) is 0 Å². The minimum Gasteiger partial charge on any atom is -0.447 e. The summed E-state index contributed by atoms with van der Waals surface area (Å²) in [5.41, 5.74) is -1.80. The molecule has 0 radical (unpaired) electrons. The van der Waals surface area contributed by atoms with Crippen molar-refractivity contribution in [3.8, 4) is 18.2 Å². The third kappa shape index (κ3) is 2.32. The molecule has 2 aliphatic heterocycles. The number of nitrogens with one attached hydrogen (secondary N) is 1. The first-order chi connectivity index (χ1) is 13.9. The van der Waals surface area contributed by atoms with Crippen LogP contribution in [0, 0.1) is 69.0 Å². The number of nitriles is 3. The lowest BCUT2D eigenvalue weighted by Gasteiger charge is -2.52. The fraction of sp³-hybridized carbons (Fsp3) is 0.565. The molecule has 1 aromatic carbocycles. The summed E-state index contributed by atoms with van der Waals surface area (Å²) in [6.45, 7) is 4.08. The molecule has 0 aromatic heterocycles. The van der Waals surface area contributed by atoms with Gasteiger partial charge in [-0.05, 0) is 31.2 Å². The van der Waals surface area contributed by atoms with Crippen LogP contribution in [-0.2, 0) is 9.47 Å². The lowest BCUT2D eigenvalue weighted by molar-refractivity contribution is -0.299. The van der Waals surface area contributed by atoms with Crippen molar-refractivity contribution in [2.24, 2.45) is 22.7 Å². The van der Waals surface area contributed by atoms with Gasteiger partial charge >= 0.3 is 0 Å². The van der Waals surface area contributed by atoms with Gasteiger partial charge in [-0.1, -0.05) is 49.6 Å². The molecule has 5 unspecified atom stereocenters. The van der Waals surface area contributed by atoms with E-state index in [1.54, 1.807) is 0 Å². The highest BCUT2D eigenvalue weighted by Crippen LogP contribution is 2.70. The first-order valence-electron chi connectivity index (χ1n) is 10.2. The van der Waals surface area contributed by atoms with E-state index in [0.717, 1.165) is 24.8 Å². The van der Waals surface area contributed by atoms with Crippen LogP contribution in [0.15, 0.2) is 24.3 Å². The topological polar surface area (TPSA) is 114 Å². The summed E-state index contributed by atoms with van der Waals surface area (Å²) >= 11 is 0. The molecule has 2 saturated heterocycles. The Balaban J connectivity index is 1.92. The SMILES string of the molecule is CCCC1CCC23OC(=N)C(C#N)(C2C1)C(C#N)(C#N)C(c1ccc(C)cc1)O3. The van der Waals surface area contributed by atoms with E-state index in [-0.39, 0.29) is 5.90 Å². The number of hydrogen-bond acceptors (Lipinski definition) is 6. The van der Waals surface area contributed by atoms with Crippen molar-refractivity contribution in [3.05, 3.63) is 35.4 Å². The Morgan fingerprint density at radius 3 is 2.41 bits per heavy atom. The van der Waals surface area contributed by atoms with Gasteiger partial charge in [-0.2, -0.15) is 15.8 Å². The molecular formula is C23H24N4O2. The maximum absolute atomic E-state index is 10.4. The van der Waals surface area contributed by atoms with Crippen molar-refractivity contribution < 1.29 is 9.47 Å². The van der Waals surface area contributed by atoms with E-state index in [1.807, 2.05) is 31.2 Å². The highest BCUT2D eigenvalue weighted by molar-refractivity contribution is 5.89. The van der Waals surface area contributed by atoms with Crippen molar-refractivity contribution in [2.45, 2.75) is 57.8 Å². The second kappa shape index (κ2) is 6.58. The maximum atomic E-state index is 10.4. The van der Waals surface area contributed by atoms with Crippen LogP contribution in [0.4, 0.5) is 0 Å². The number of benzene rings is 1. The molecule has 5 atom stereocenters. The molecule has 0 spiro atoms. The average Bonchev–Trinajstić information content (AvgIpc) is 2.93. The first kappa shape index (κ1) is 19.4. The molecule has 29 heavy (non-hydrogen) atoms. The molecule has 3 aliphatic rings. The zero-order valence-corrected chi connectivity index (χ0v) is 16.7. The first-order valence-corrected chi connectivity index (χ1v) is 10.2. The van der Waals surface area contributed by atoms with Crippen molar-refractivity contribution in [1.82, 2.24) is 0 Å². The summed E-state index contributed by atoms with van der Waals surface area (Å²) in [7, 11) is 0. The maximum Gasteiger partial charge on any atom is 0.217 e. The van der Waals surface area contributed by atoms with Crippen LogP contribution in [0.1, 0.15) is 56.3 Å². The van der Waals surface area contributed by atoms with Gasteiger partial charge in [0.1, 0.15) is 6.10 Å². The minimum atomic E-state index is -1.85. The van der Waals surface area contributed by atoms with E-state index in [1.165, 1.54) is 0 Å². The zero-order chi connectivity index (χ0) is 20.9. The average molecular weight is 388 g/mol. The van der Waals surface area contributed by atoms with Crippen LogP contribution in [0.2, 0.25) is 0 Å². The third-order valence-electron chi connectivity index (χ3n) is 7.10. The number of aryl methyl sites for hydroxylation is 1. The summed E-state index contributed by atoms with van der Waals surface area (Å²) in [5.74, 6) is -1.54. The fourth-order valence-electron chi connectivity index (χ4n) is 5.63. The van der Waals surface area contributed by atoms with Gasteiger partial charge in [0, 0.05) is 6.42 Å². The predicted octanol–water partition coefficient (Wildman–Crippen LogP) is 4.53. The molecule has 2 bridgehead atoms. The second-order valence-electron chi connectivity index (χ2n) is 8.58. The lowest BCUT2D eigenvalue weighted by atomic mass is 9.50. The number of ether oxygens (including phenoxy) is 2. The Labute approximate surface area is 171 Å². The van der Waals surface area contributed by atoms with Gasteiger partial charge in [0.2, 0.25) is 17.1 Å². The van der Waals surface area contributed by atoms with Crippen molar-refractivity contribution in [2.75, 3.05) is 0 Å². The summed E-state index contributed by atoms with van der Waals surface area (Å²) in [5, 5.41) is 39.5. The second-order valence-corrected chi connectivity index (χ2v) is 8.58. The van der Waals surface area contributed by atoms with Gasteiger partial charge in [-0.3, -0.25) is 5.41 Å². The number of hydrogen-bond donors (Lipinski definition) is 1. The summed E-state index contributed by atoms with van der Waals surface area (Å²) in [4.78, 5) is 0. The molecule has 148 valence electrons. The molecule has 0 amide bonds. The molecule has 1 saturated carbocycles. The summed E-state index contributed by atoms with van der Waals surface area (Å²) in [6, 6.07) is 14.0. The molecular weight excluding hydrogens is 364 g/mol. The van der Waals surface area contributed by atoms with Crippen molar-refractivity contribution >= 4 is 5.90 Å². The Morgan fingerprint density at radius 1 is 1.14 bits per heavy atom. The van der Waals surface area contributed by atoms with Crippen molar-refractivity contribution in [1.29, 1.82) is 21.2 Å². The fourth-order valence-corrected chi connectivity index (χ4v) is 5.63. The smallest absolute Gasteiger partial charge is 0.217 e. The highest BCUT2D eigenvalue weighted by atomic mass is 16.7. The predicted molar refractivity (Wildman–Crippen MR) is 104 cm³/mol.